The molecule has 5 heteroatoms. The van der Waals surface area contributed by atoms with E-state index in [4.69, 9.17) is 9.05 Å². The summed E-state index contributed by atoms with van der Waals surface area (Å²) >= 11 is 0. The molecule has 10 aromatic carbocycles. The van der Waals surface area contributed by atoms with Crippen LogP contribution in [0, 0.1) is 0 Å². The molecular formula is C54H36O3P2. The maximum absolute atomic E-state index is 16.5. The van der Waals surface area contributed by atoms with Crippen molar-refractivity contribution in [3.05, 3.63) is 212 Å². The molecule has 3 nitrogen and oxygen atoms in total. The van der Waals surface area contributed by atoms with Crippen LogP contribution in [0.3, 0.4) is 0 Å². The fourth-order valence-electron chi connectivity index (χ4n) is 8.83. The van der Waals surface area contributed by atoms with Gasteiger partial charge in [-0.15, -0.1) is 0 Å². The summed E-state index contributed by atoms with van der Waals surface area (Å²) in [6.07, 6.45) is 1.87. The Morgan fingerprint density at radius 1 is 0.475 bits per heavy atom. The highest BCUT2D eigenvalue weighted by Gasteiger charge is 2.36. The smallest absolute Gasteiger partial charge is 0.326 e. The van der Waals surface area contributed by atoms with E-state index in [1.807, 2.05) is 66.7 Å². The maximum atomic E-state index is 16.5. The first-order valence-electron chi connectivity index (χ1n) is 19.7. The van der Waals surface area contributed by atoms with Crippen LogP contribution in [0.15, 0.2) is 207 Å². The fourth-order valence-corrected chi connectivity index (χ4v) is 13.2. The molecule has 0 N–H and O–H groups in total. The zero-order valence-corrected chi connectivity index (χ0v) is 33.7. The molecule has 1 heterocycles. The van der Waals surface area contributed by atoms with Crippen molar-refractivity contribution >= 4 is 85.9 Å². The van der Waals surface area contributed by atoms with E-state index in [1.54, 1.807) is 0 Å². The van der Waals surface area contributed by atoms with Gasteiger partial charge in [0.05, 0.1) is 5.30 Å². The topological polar surface area (TPSA) is 35.5 Å². The quantitative estimate of drug-likeness (QED) is 0.151. The van der Waals surface area contributed by atoms with E-state index >= 15 is 4.57 Å². The van der Waals surface area contributed by atoms with Crippen molar-refractivity contribution in [2.24, 2.45) is 0 Å². The normalized spacial score (nSPS) is 13.5. The Hall–Kier alpha value is -6.76. The Bertz CT molecular complexity index is 3300. The monoisotopic (exact) mass is 794 g/mol. The summed E-state index contributed by atoms with van der Waals surface area (Å²) in [4.78, 5) is 0. The van der Waals surface area contributed by atoms with Gasteiger partial charge in [0, 0.05) is 38.2 Å². The standard InChI is InChI=1S/C54H36O3P2/c1-2-36-25-30-46-40(35-36)27-32-48(57-58-49-33-28-38-16-10-13-23-44(38)53(49)51-43-22-12-9-15-37(43)26-31-47(51)56-58)52(46)54-45-24-14-11-17-39(45)29-34-50(54)59(55,41-18-5-3-6-19-41)42-20-7-4-8-21-42/h2-35H,1H2/t58-/m0/s1. The van der Waals surface area contributed by atoms with Gasteiger partial charge in [-0.05, 0) is 79.0 Å². The van der Waals surface area contributed by atoms with Crippen molar-refractivity contribution in [1.82, 2.24) is 0 Å². The second-order valence-electron chi connectivity index (χ2n) is 14.9. The van der Waals surface area contributed by atoms with E-state index < -0.39 is 15.5 Å². The molecule has 59 heavy (non-hydrogen) atoms. The van der Waals surface area contributed by atoms with Crippen LogP contribution in [0.4, 0.5) is 0 Å². The Morgan fingerprint density at radius 2 is 1.00 bits per heavy atom. The molecule has 0 unspecified atom stereocenters. The third kappa shape index (κ3) is 5.73. The van der Waals surface area contributed by atoms with Gasteiger partial charge in [-0.25, -0.2) is 0 Å². The largest absolute Gasteiger partial charge is 0.435 e. The molecular weight excluding hydrogens is 759 g/mol. The minimum Gasteiger partial charge on any atom is -0.435 e. The summed E-state index contributed by atoms with van der Waals surface area (Å²) in [6, 6.07) is 68.5. The number of hydrogen-bond acceptors (Lipinski definition) is 3. The van der Waals surface area contributed by atoms with Crippen molar-refractivity contribution in [3.63, 3.8) is 0 Å². The Labute approximate surface area is 344 Å². The second kappa shape index (κ2) is 14.3. The van der Waals surface area contributed by atoms with Crippen LogP contribution in [0.25, 0.3) is 71.4 Å². The van der Waals surface area contributed by atoms with Gasteiger partial charge in [0.2, 0.25) is 0 Å². The zero-order chi connectivity index (χ0) is 39.5. The van der Waals surface area contributed by atoms with Gasteiger partial charge in [-0.3, -0.25) is 0 Å². The van der Waals surface area contributed by atoms with Crippen LogP contribution in [0.1, 0.15) is 5.56 Å². The molecule has 280 valence electrons. The van der Waals surface area contributed by atoms with Gasteiger partial charge in [-0.1, -0.05) is 183 Å². The van der Waals surface area contributed by atoms with E-state index in [-0.39, 0.29) is 0 Å². The highest BCUT2D eigenvalue weighted by Crippen LogP contribution is 2.56. The van der Waals surface area contributed by atoms with Crippen molar-refractivity contribution in [3.8, 4) is 33.8 Å². The Balaban J connectivity index is 1.21. The van der Waals surface area contributed by atoms with Gasteiger partial charge < -0.3 is 13.6 Å². The average Bonchev–Trinajstić information content (AvgIpc) is 3.31. The van der Waals surface area contributed by atoms with E-state index in [9.17, 15) is 0 Å². The first kappa shape index (κ1) is 35.4. The lowest BCUT2D eigenvalue weighted by Crippen LogP contribution is -2.26. The zero-order valence-electron chi connectivity index (χ0n) is 32.0. The maximum Gasteiger partial charge on any atom is 0.326 e. The van der Waals surface area contributed by atoms with Gasteiger partial charge in [-0.2, -0.15) is 0 Å². The van der Waals surface area contributed by atoms with Gasteiger partial charge in [0.25, 0.3) is 0 Å². The molecule has 0 fully saturated rings. The third-order valence-electron chi connectivity index (χ3n) is 11.6. The van der Waals surface area contributed by atoms with Crippen LogP contribution in [-0.4, -0.2) is 0 Å². The summed E-state index contributed by atoms with van der Waals surface area (Å²) < 4.78 is 30.9. The molecule has 0 spiro atoms. The SMILES string of the molecule is C=Cc1ccc2c(-c3c(P(=O)(c4ccccc4)c4ccccc4)ccc4ccccc34)c(O[P@]3Oc4ccc5ccccc5c4-c4c3ccc3ccccc43)ccc2c1. The minimum atomic E-state index is -3.49. The third-order valence-corrected chi connectivity index (χ3v) is 16.2. The molecule has 0 radical (unpaired) electrons. The van der Waals surface area contributed by atoms with E-state index in [1.165, 1.54) is 0 Å². The molecule has 11 rings (SSSR count). The number of fused-ring (bicyclic) bond motifs is 9. The summed E-state index contributed by atoms with van der Waals surface area (Å²) in [5.74, 6) is 1.45. The first-order chi connectivity index (χ1) is 29.1. The van der Waals surface area contributed by atoms with E-state index in [0.717, 1.165) is 97.9 Å². The molecule has 0 aromatic heterocycles. The summed E-state index contributed by atoms with van der Waals surface area (Å²) in [6.45, 7) is 4.07. The summed E-state index contributed by atoms with van der Waals surface area (Å²) in [7, 11) is -5.19. The molecule has 0 saturated heterocycles. The first-order valence-corrected chi connectivity index (χ1v) is 22.6. The highest BCUT2D eigenvalue weighted by molar-refractivity contribution is 7.85. The van der Waals surface area contributed by atoms with Crippen molar-refractivity contribution in [2.75, 3.05) is 0 Å². The molecule has 1 aliphatic heterocycles. The molecule has 0 aliphatic carbocycles. The molecule has 10 aromatic rings. The molecule has 1 aliphatic rings. The van der Waals surface area contributed by atoms with Crippen molar-refractivity contribution in [2.45, 2.75) is 0 Å². The van der Waals surface area contributed by atoms with Crippen LogP contribution < -0.4 is 30.3 Å². The van der Waals surface area contributed by atoms with Crippen LogP contribution in [0.2, 0.25) is 0 Å². The van der Waals surface area contributed by atoms with E-state index in [0.29, 0.717) is 5.75 Å². The van der Waals surface area contributed by atoms with Gasteiger partial charge >= 0.3 is 8.38 Å². The van der Waals surface area contributed by atoms with Gasteiger partial charge in [0.15, 0.2) is 7.14 Å². The minimum absolute atomic E-state index is 0.656. The lowest BCUT2D eigenvalue weighted by molar-refractivity contribution is 0.502. The Morgan fingerprint density at radius 3 is 1.64 bits per heavy atom. The van der Waals surface area contributed by atoms with Crippen LogP contribution in [0.5, 0.6) is 11.5 Å². The van der Waals surface area contributed by atoms with Gasteiger partial charge in [0.1, 0.15) is 11.5 Å². The number of hydrogen-bond donors (Lipinski definition) is 0. The summed E-state index contributed by atoms with van der Waals surface area (Å²) in [5, 5.41) is 11.9. The fraction of sp³-hybridized carbons (Fsp3) is 0. The lowest BCUT2D eigenvalue weighted by Gasteiger charge is -2.30. The average molecular weight is 795 g/mol. The number of rotatable bonds is 7. The molecule has 0 bridgehead atoms. The predicted molar refractivity (Wildman–Crippen MR) is 251 cm³/mol. The second-order valence-corrected chi connectivity index (χ2v) is 19.0. The highest BCUT2D eigenvalue weighted by atomic mass is 31.2. The molecule has 1 atom stereocenters. The molecule has 0 saturated carbocycles. The lowest BCUT2D eigenvalue weighted by atomic mass is 9.92. The van der Waals surface area contributed by atoms with Crippen molar-refractivity contribution < 1.29 is 13.6 Å². The van der Waals surface area contributed by atoms with Crippen LogP contribution in [-0.2, 0) is 4.57 Å². The predicted octanol–water partition coefficient (Wildman–Crippen LogP) is 13.3. The Kier molecular flexibility index (Phi) is 8.56. The van der Waals surface area contributed by atoms with Crippen molar-refractivity contribution in [1.29, 1.82) is 0 Å². The number of benzene rings is 10. The summed E-state index contributed by atoms with van der Waals surface area (Å²) in [5.41, 5.74) is 4.97. The molecule has 0 amide bonds. The van der Waals surface area contributed by atoms with E-state index in [2.05, 4.69) is 146 Å². The van der Waals surface area contributed by atoms with Crippen LogP contribution >= 0.6 is 15.5 Å².